The van der Waals surface area contributed by atoms with Gasteiger partial charge in [-0.25, -0.2) is 4.98 Å². The van der Waals surface area contributed by atoms with Crippen molar-refractivity contribution in [2.24, 2.45) is 0 Å². The van der Waals surface area contributed by atoms with Crippen molar-refractivity contribution in [3.63, 3.8) is 0 Å². The molecule has 0 radical (unpaired) electrons. The van der Waals surface area contributed by atoms with E-state index < -0.39 is 17.8 Å². The number of hydrogen-bond acceptors (Lipinski definition) is 6. The van der Waals surface area contributed by atoms with Crippen LogP contribution in [0.1, 0.15) is 43.2 Å². The van der Waals surface area contributed by atoms with Gasteiger partial charge in [0.25, 0.3) is 11.8 Å². The van der Waals surface area contributed by atoms with Gasteiger partial charge in [0.1, 0.15) is 18.1 Å². The van der Waals surface area contributed by atoms with Crippen LogP contribution in [0.5, 0.6) is 5.75 Å². The average Bonchev–Trinajstić information content (AvgIpc) is 2.98. The number of nitrogens with zero attached hydrogens (tertiary/aromatic N) is 4. The summed E-state index contributed by atoms with van der Waals surface area (Å²) in [5.41, 5.74) is 2.49. The van der Waals surface area contributed by atoms with Crippen molar-refractivity contribution < 1.29 is 32.2 Å². The fourth-order valence-corrected chi connectivity index (χ4v) is 5.19. The lowest BCUT2D eigenvalue weighted by Gasteiger charge is -2.30. The Balaban J connectivity index is 1.45. The first kappa shape index (κ1) is 29.4. The lowest BCUT2D eigenvalue weighted by Crippen LogP contribution is -2.41. The molecule has 1 fully saturated rings. The topological polar surface area (TPSA) is 75.2 Å². The molecule has 0 saturated carbocycles. The highest BCUT2D eigenvalue weighted by Crippen LogP contribution is 2.30. The Bertz CT molecular complexity index is 1460. The van der Waals surface area contributed by atoms with Crippen molar-refractivity contribution in [2.75, 3.05) is 64.5 Å². The molecule has 2 aromatic carbocycles. The van der Waals surface area contributed by atoms with E-state index in [1.54, 1.807) is 13.1 Å². The second-order valence-corrected chi connectivity index (χ2v) is 10.5. The van der Waals surface area contributed by atoms with Gasteiger partial charge in [-0.2, -0.15) is 13.2 Å². The first-order valence-electron chi connectivity index (χ1n) is 13.9. The molecule has 1 aromatic heterocycles. The first-order valence-corrected chi connectivity index (χ1v) is 13.9. The van der Waals surface area contributed by atoms with Gasteiger partial charge in [-0.3, -0.25) is 9.59 Å². The van der Waals surface area contributed by atoms with E-state index in [9.17, 15) is 22.8 Å². The minimum atomic E-state index is -4.61. The van der Waals surface area contributed by atoms with Crippen molar-refractivity contribution >= 4 is 17.5 Å². The monoisotopic (exact) mass is 582 g/mol. The Morgan fingerprint density at radius 1 is 0.929 bits per heavy atom. The smallest absolute Gasteiger partial charge is 0.433 e. The fourth-order valence-electron chi connectivity index (χ4n) is 5.19. The summed E-state index contributed by atoms with van der Waals surface area (Å²) in [5, 5.41) is 0. The van der Waals surface area contributed by atoms with E-state index in [2.05, 4.69) is 16.0 Å². The number of morpholine rings is 1. The second kappa shape index (κ2) is 12.4. The van der Waals surface area contributed by atoms with Gasteiger partial charge < -0.3 is 24.2 Å². The van der Waals surface area contributed by atoms with E-state index in [4.69, 9.17) is 9.47 Å². The van der Waals surface area contributed by atoms with Gasteiger partial charge in [0.2, 0.25) is 0 Å². The summed E-state index contributed by atoms with van der Waals surface area (Å²) >= 11 is 0. The number of pyridine rings is 1. The molecule has 11 heteroatoms. The molecular formula is C31H33F3N4O4. The summed E-state index contributed by atoms with van der Waals surface area (Å²) in [5.74, 6) is 0.0000679. The van der Waals surface area contributed by atoms with Crippen LogP contribution in [0.15, 0.2) is 54.6 Å². The van der Waals surface area contributed by atoms with E-state index in [0.29, 0.717) is 30.9 Å². The van der Waals surface area contributed by atoms with Gasteiger partial charge in [0, 0.05) is 56.5 Å². The number of ether oxygens (including phenoxy) is 2. The van der Waals surface area contributed by atoms with Crippen LogP contribution in [-0.4, -0.2) is 86.2 Å². The normalized spacial score (nSPS) is 16.9. The molecule has 2 aliphatic heterocycles. The van der Waals surface area contributed by atoms with Gasteiger partial charge in [-0.15, -0.1) is 0 Å². The Morgan fingerprint density at radius 3 is 2.45 bits per heavy atom. The highest BCUT2D eigenvalue weighted by Gasteiger charge is 2.33. The van der Waals surface area contributed by atoms with Crippen LogP contribution in [0, 0.1) is 6.92 Å². The molecule has 2 bridgehead atoms. The summed E-state index contributed by atoms with van der Waals surface area (Å²) < 4.78 is 51.2. The Morgan fingerprint density at radius 2 is 1.71 bits per heavy atom. The number of anilines is 1. The number of likely N-dealkylation sites (N-methyl/N-ethyl adjacent to an activating group) is 1. The number of fused-ring (bicyclic) bond motifs is 3. The number of alkyl halides is 3. The maximum atomic E-state index is 13.5. The van der Waals surface area contributed by atoms with E-state index in [-0.39, 0.29) is 43.4 Å². The summed E-state index contributed by atoms with van der Waals surface area (Å²) in [6.07, 6.45) is -4.07. The van der Waals surface area contributed by atoms with Crippen LogP contribution in [-0.2, 0) is 17.3 Å². The molecule has 8 nitrogen and oxygen atoms in total. The molecule has 5 rings (SSSR count). The Kier molecular flexibility index (Phi) is 8.67. The largest absolute Gasteiger partial charge is 0.491 e. The SMILES string of the molecule is Cc1nc(C(F)(F)F)ccc1C(=O)N1CCOc2ccc(N3CCOCC3)cc2Cc2cccc(c2)C(=O)N(C)CC1. The highest BCUT2D eigenvalue weighted by atomic mass is 19.4. The summed E-state index contributed by atoms with van der Waals surface area (Å²) in [6, 6.07) is 15.4. The molecule has 0 spiro atoms. The fraction of sp³-hybridized carbons (Fsp3) is 0.387. The molecule has 0 N–H and O–H groups in total. The molecule has 222 valence electrons. The number of halogens is 3. The predicted octanol–water partition coefficient (Wildman–Crippen LogP) is 4.44. The number of carbonyl (C=O) groups is 2. The third-order valence-electron chi connectivity index (χ3n) is 7.55. The number of carbonyl (C=O) groups excluding carboxylic acids is 2. The molecule has 3 aromatic rings. The predicted molar refractivity (Wildman–Crippen MR) is 151 cm³/mol. The van der Waals surface area contributed by atoms with Crippen LogP contribution in [0.4, 0.5) is 18.9 Å². The van der Waals surface area contributed by atoms with Crippen LogP contribution in [0.2, 0.25) is 0 Å². The van der Waals surface area contributed by atoms with Gasteiger partial charge in [-0.05, 0) is 55.0 Å². The Labute approximate surface area is 242 Å². The third kappa shape index (κ3) is 6.67. The summed E-state index contributed by atoms with van der Waals surface area (Å²) in [7, 11) is 1.66. The number of aromatic nitrogens is 1. The van der Waals surface area contributed by atoms with Crippen molar-refractivity contribution in [3.8, 4) is 5.75 Å². The zero-order chi connectivity index (χ0) is 29.9. The second-order valence-electron chi connectivity index (χ2n) is 10.5. The summed E-state index contributed by atoms with van der Waals surface area (Å²) in [4.78, 5) is 35.7. The first-order chi connectivity index (χ1) is 20.1. The lowest BCUT2D eigenvalue weighted by atomic mass is 10.0. The molecule has 2 aliphatic rings. The van der Waals surface area contributed by atoms with Gasteiger partial charge in [0.15, 0.2) is 0 Å². The number of aryl methyl sites for hydroxylation is 1. The number of rotatable bonds is 2. The maximum Gasteiger partial charge on any atom is 0.433 e. The van der Waals surface area contributed by atoms with Crippen molar-refractivity contribution in [2.45, 2.75) is 19.5 Å². The van der Waals surface area contributed by atoms with Crippen molar-refractivity contribution in [1.29, 1.82) is 0 Å². The van der Waals surface area contributed by atoms with Gasteiger partial charge in [-0.1, -0.05) is 12.1 Å². The van der Waals surface area contributed by atoms with E-state index >= 15 is 0 Å². The molecule has 2 amide bonds. The van der Waals surface area contributed by atoms with Crippen LogP contribution >= 0.6 is 0 Å². The number of benzene rings is 2. The molecular weight excluding hydrogens is 549 g/mol. The highest BCUT2D eigenvalue weighted by molar-refractivity contribution is 5.96. The molecule has 0 atom stereocenters. The number of amides is 2. The zero-order valence-corrected chi connectivity index (χ0v) is 23.6. The maximum absolute atomic E-state index is 13.5. The molecule has 0 unspecified atom stereocenters. The van der Waals surface area contributed by atoms with Gasteiger partial charge in [0.05, 0.1) is 31.0 Å². The molecule has 0 aliphatic carbocycles. The van der Waals surface area contributed by atoms with E-state index in [1.807, 2.05) is 30.3 Å². The lowest BCUT2D eigenvalue weighted by molar-refractivity contribution is -0.141. The van der Waals surface area contributed by atoms with E-state index in [1.165, 1.54) is 16.7 Å². The van der Waals surface area contributed by atoms with Crippen LogP contribution < -0.4 is 9.64 Å². The van der Waals surface area contributed by atoms with Crippen LogP contribution in [0.3, 0.4) is 0 Å². The summed E-state index contributed by atoms with van der Waals surface area (Å²) in [6.45, 7) is 4.96. The average molecular weight is 583 g/mol. The van der Waals surface area contributed by atoms with Crippen LogP contribution in [0.25, 0.3) is 0 Å². The molecule has 42 heavy (non-hydrogen) atoms. The van der Waals surface area contributed by atoms with Crippen molar-refractivity contribution in [3.05, 3.63) is 88.2 Å². The van der Waals surface area contributed by atoms with E-state index in [0.717, 1.165) is 42.0 Å². The number of hydrogen-bond donors (Lipinski definition) is 0. The Hall–Kier alpha value is -4.12. The molecule has 1 saturated heterocycles. The molecule has 3 heterocycles. The van der Waals surface area contributed by atoms with Crippen molar-refractivity contribution in [1.82, 2.24) is 14.8 Å². The third-order valence-corrected chi connectivity index (χ3v) is 7.55. The quantitative estimate of drug-likeness (QED) is 0.445. The standard InChI is InChI=1S/C31H33F3N4O4/c1-21-26(7-9-28(35-21)31(32,33)34)30(40)38-11-10-36(2)29(39)23-5-3-4-22(18-23)19-24-20-25(37-12-15-41-16-13-37)6-8-27(24)42-17-14-38/h3-9,18,20H,10-17,19H2,1-2H3. The van der Waals surface area contributed by atoms with Gasteiger partial charge >= 0.3 is 6.18 Å². The minimum Gasteiger partial charge on any atom is -0.491 e. The zero-order valence-electron chi connectivity index (χ0n) is 23.6. The minimum absolute atomic E-state index is 0.0163.